The van der Waals surface area contributed by atoms with Gasteiger partial charge in [0, 0.05) is 19.0 Å². The molecule has 2 aliphatic heterocycles. The number of hydrogen-bond acceptors (Lipinski definition) is 4. The molecule has 0 spiro atoms. The van der Waals surface area contributed by atoms with E-state index in [1.165, 1.54) is 0 Å². The summed E-state index contributed by atoms with van der Waals surface area (Å²) in [5, 5.41) is 2.32. The molecule has 5 nitrogen and oxygen atoms in total. The Kier molecular flexibility index (Phi) is 5.36. The number of benzene rings is 2. The number of halogens is 3. The first-order chi connectivity index (χ1) is 13.9. The molecule has 4 rings (SSSR count). The molecule has 2 aliphatic rings. The Labute approximate surface area is 166 Å². The highest BCUT2D eigenvalue weighted by molar-refractivity contribution is 5.92. The van der Waals surface area contributed by atoms with E-state index in [2.05, 4.69) is 5.32 Å². The van der Waals surface area contributed by atoms with E-state index in [0.717, 1.165) is 41.9 Å². The van der Waals surface area contributed by atoms with Crippen LogP contribution in [0.1, 0.15) is 30.5 Å². The van der Waals surface area contributed by atoms with Gasteiger partial charge in [-0.1, -0.05) is 0 Å². The average molecular weight is 406 g/mol. The van der Waals surface area contributed by atoms with Gasteiger partial charge in [-0.15, -0.1) is 0 Å². The van der Waals surface area contributed by atoms with Gasteiger partial charge in [-0.3, -0.25) is 9.69 Å². The van der Waals surface area contributed by atoms with Gasteiger partial charge in [0.1, 0.15) is 0 Å². The molecule has 0 saturated carbocycles. The first-order valence-electron chi connectivity index (χ1n) is 9.54. The molecule has 1 N–H and O–H groups in total. The van der Waals surface area contributed by atoms with Crippen molar-refractivity contribution < 1.29 is 27.4 Å². The second-order valence-electron chi connectivity index (χ2n) is 7.22. The summed E-state index contributed by atoms with van der Waals surface area (Å²) >= 11 is 0. The average Bonchev–Trinajstić information content (AvgIpc) is 2.94. The molecular weight excluding hydrogens is 385 g/mol. The molecule has 0 radical (unpaired) electrons. The fourth-order valence-corrected chi connectivity index (χ4v) is 3.74. The van der Waals surface area contributed by atoms with Crippen LogP contribution in [0, 0.1) is 17.5 Å². The predicted octanol–water partition coefficient (Wildman–Crippen LogP) is 3.82. The quantitative estimate of drug-likeness (QED) is 0.788. The van der Waals surface area contributed by atoms with Crippen LogP contribution in [0.2, 0.25) is 0 Å². The molecule has 0 bridgehead atoms. The van der Waals surface area contributed by atoms with Crippen molar-refractivity contribution in [1.29, 1.82) is 0 Å². The minimum Gasteiger partial charge on any atom is -0.490 e. The maximum Gasteiger partial charge on any atom is 0.238 e. The van der Waals surface area contributed by atoms with E-state index in [4.69, 9.17) is 9.47 Å². The summed E-state index contributed by atoms with van der Waals surface area (Å²) in [4.78, 5) is 14.3. The van der Waals surface area contributed by atoms with Gasteiger partial charge in [0.15, 0.2) is 29.0 Å². The summed E-state index contributed by atoms with van der Waals surface area (Å²) in [6, 6.07) is 5.67. The third kappa shape index (κ3) is 3.89. The zero-order chi connectivity index (χ0) is 20.5. The van der Waals surface area contributed by atoms with E-state index in [0.29, 0.717) is 25.5 Å². The molecule has 1 atom stereocenters. The van der Waals surface area contributed by atoms with Gasteiger partial charge in [0.2, 0.25) is 5.91 Å². The fourth-order valence-electron chi connectivity index (χ4n) is 3.74. The number of ether oxygens (including phenoxy) is 2. The Hall–Kier alpha value is -2.74. The predicted molar refractivity (Wildman–Crippen MR) is 101 cm³/mol. The maximum atomic E-state index is 13.8. The summed E-state index contributed by atoms with van der Waals surface area (Å²) in [7, 11) is 0. The second-order valence-corrected chi connectivity index (χ2v) is 7.22. The minimum atomic E-state index is -1.61. The topological polar surface area (TPSA) is 50.8 Å². The molecule has 29 heavy (non-hydrogen) atoms. The van der Waals surface area contributed by atoms with E-state index >= 15 is 0 Å². The number of fused-ring (bicyclic) bond motifs is 2. The molecule has 0 unspecified atom stereocenters. The van der Waals surface area contributed by atoms with Gasteiger partial charge >= 0.3 is 0 Å². The van der Waals surface area contributed by atoms with Gasteiger partial charge in [0.25, 0.3) is 0 Å². The monoisotopic (exact) mass is 406 g/mol. The number of nitrogens with zero attached hydrogens (tertiary/aromatic N) is 1. The smallest absolute Gasteiger partial charge is 0.238 e. The van der Waals surface area contributed by atoms with Gasteiger partial charge in [-0.05, 0) is 48.7 Å². The van der Waals surface area contributed by atoms with Crippen molar-refractivity contribution >= 4 is 11.6 Å². The van der Waals surface area contributed by atoms with E-state index in [1.54, 1.807) is 0 Å². The van der Waals surface area contributed by atoms with Crippen molar-refractivity contribution in [2.45, 2.75) is 25.8 Å². The highest BCUT2D eigenvalue weighted by Crippen LogP contribution is 2.39. The molecule has 0 saturated heterocycles. The van der Waals surface area contributed by atoms with Crippen LogP contribution in [-0.4, -0.2) is 37.1 Å². The van der Waals surface area contributed by atoms with Crippen molar-refractivity contribution in [3.8, 4) is 11.5 Å². The number of rotatable bonds is 3. The van der Waals surface area contributed by atoms with Crippen LogP contribution in [-0.2, 0) is 11.2 Å². The van der Waals surface area contributed by atoms with Crippen molar-refractivity contribution in [2.75, 3.05) is 31.6 Å². The van der Waals surface area contributed by atoms with Crippen molar-refractivity contribution in [3.63, 3.8) is 0 Å². The lowest BCUT2D eigenvalue weighted by Gasteiger charge is -2.35. The van der Waals surface area contributed by atoms with Gasteiger partial charge < -0.3 is 14.8 Å². The Bertz CT molecular complexity index is 951. The number of hydrogen-bond donors (Lipinski definition) is 1. The molecule has 8 heteroatoms. The Morgan fingerprint density at radius 2 is 1.86 bits per heavy atom. The third-order valence-electron chi connectivity index (χ3n) is 5.33. The number of carbonyl (C=O) groups is 1. The molecule has 154 valence electrons. The lowest BCUT2D eigenvalue weighted by molar-refractivity contribution is -0.118. The SMILES string of the molecule is C[C@@H]1c2cc3c(cc2CCN1CC(=O)Nc1ccc(F)c(F)c1F)OCCCO3. The van der Waals surface area contributed by atoms with E-state index in [-0.39, 0.29) is 18.3 Å². The third-order valence-corrected chi connectivity index (χ3v) is 5.33. The minimum absolute atomic E-state index is 0.00646. The summed E-state index contributed by atoms with van der Waals surface area (Å²) < 4.78 is 51.7. The molecule has 0 aromatic heterocycles. The molecule has 2 aromatic rings. The first-order valence-corrected chi connectivity index (χ1v) is 9.54. The number of amides is 1. The van der Waals surface area contributed by atoms with Crippen LogP contribution in [0.25, 0.3) is 0 Å². The molecule has 2 aromatic carbocycles. The van der Waals surface area contributed by atoms with Gasteiger partial charge in [-0.2, -0.15) is 0 Å². The normalized spacial score (nSPS) is 18.7. The standard InChI is InChI=1S/C21H21F3N2O3/c1-12-14-10-18-17(28-7-2-8-29-18)9-13(14)5-6-26(12)11-19(27)25-16-4-3-15(22)20(23)21(16)24/h3-4,9-10,12H,2,5-8,11H2,1H3,(H,25,27)/t12-/m1/s1. The van der Waals surface area contributed by atoms with Crippen LogP contribution in [0.15, 0.2) is 24.3 Å². The first kappa shape index (κ1) is 19.6. The lowest BCUT2D eigenvalue weighted by Crippen LogP contribution is -2.39. The highest BCUT2D eigenvalue weighted by atomic mass is 19.2. The van der Waals surface area contributed by atoms with Crippen LogP contribution < -0.4 is 14.8 Å². The molecule has 0 fully saturated rings. The van der Waals surface area contributed by atoms with Crippen LogP contribution in [0.3, 0.4) is 0 Å². The van der Waals surface area contributed by atoms with Gasteiger partial charge in [-0.25, -0.2) is 13.2 Å². The highest BCUT2D eigenvalue weighted by Gasteiger charge is 2.28. The Morgan fingerprint density at radius 1 is 1.14 bits per heavy atom. The van der Waals surface area contributed by atoms with E-state index < -0.39 is 23.4 Å². The number of nitrogens with one attached hydrogen (secondary N) is 1. The molecule has 2 heterocycles. The lowest BCUT2D eigenvalue weighted by atomic mass is 9.93. The van der Waals surface area contributed by atoms with Crippen molar-refractivity contribution in [3.05, 3.63) is 52.8 Å². The zero-order valence-electron chi connectivity index (χ0n) is 15.9. The zero-order valence-corrected chi connectivity index (χ0v) is 15.9. The molecule has 0 aliphatic carbocycles. The summed E-state index contributed by atoms with van der Waals surface area (Å²) in [5.41, 5.74) is 1.81. The summed E-state index contributed by atoms with van der Waals surface area (Å²) in [6.45, 7) is 3.81. The van der Waals surface area contributed by atoms with Crippen molar-refractivity contribution in [2.24, 2.45) is 0 Å². The van der Waals surface area contributed by atoms with E-state index in [9.17, 15) is 18.0 Å². The van der Waals surface area contributed by atoms with Crippen LogP contribution >= 0.6 is 0 Å². The largest absolute Gasteiger partial charge is 0.490 e. The maximum absolute atomic E-state index is 13.8. The van der Waals surface area contributed by atoms with Crippen LogP contribution in [0.5, 0.6) is 11.5 Å². The fraction of sp³-hybridized carbons (Fsp3) is 0.381. The van der Waals surface area contributed by atoms with Crippen molar-refractivity contribution in [1.82, 2.24) is 4.90 Å². The summed E-state index contributed by atoms with van der Waals surface area (Å²) in [5.74, 6) is -3.37. The Balaban J connectivity index is 1.48. The van der Waals surface area contributed by atoms with E-state index in [1.807, 2.05) is 24.0 Å². The number of anilines is 1. The number of carbonyl (C=O) groups excluding carboxylic acids is 1. The summed E-state index contributed by atoms with van der Waals surface area (Å²) in [6.07, 6.45) is 1.55. The molecule has 1 amide bonds. The van der Waals surface area contributed by atoms with Gasteiger partial charge in [0.05, 0.1) is 25.4 Å². The Morgan fingerprint density at radius 3 is 2.62 bits per heavy atom. The van der Waals surface area contributed by atoms with Crippen LogP contribution in [0.4, 0.5) is 18.9 Å². The second kappa shape index (κ2) is 7.94. The molecular formula is C21H21F3N2O3.